The second-order valence-electron chi connectivity index (χ2n) is 3.05. The second-order valence-corrected chi connectivity index (χ2v) is 3.05. The molecule has 0 unspecified atom stereocenters. The van der Waals surface area contributed by atoms with Crippen LogP contribution < -0.4 is 5.73 Å². The Balaban J connectivity index is 0.00000196. The van der Waals surface area contributed by atoms with E-state index in [1.165, 1.54) is 13.2 Å². The molecule has 0 spiro atoms. The van der Waals surface area contributed by atoms with Crippen molar-refractivity contribution in [2.24, 2.45) is 5.73 Å². The minimum atomic E-state index is -0.792. The molecule has 1 aromatic rings. The number of phenols is 1. The van der Waals surface area contributed by atoms with Gasteiger partial charge in [0.05, 0.1) is 7.11 Å². The number of halogens is 1. The van der Waals surface area contributed by atoms with Crippen LogP contribution in [0.5, 0.6) is 5.75 Å². The highest BCUT2D eigenvalue weighted by Crippen LogP contribution is 2.20. The van der Waals surface area contributed by atoms with E-state index in [2.05, 4.69) is 4.74 Å². The number of aromatic hydroxyl groups is 1. The van der Waals surface area contributed by atoms with Gasteiger partial charge in [0.2, 0.25) is 0 Å². The predicted molar refractivity (Wildman–Crippen MR) is 59.0 cm³/mol. The van der Waals surface area contributed by atoms with E-state index in [1.807, 2.05) is 0 Å². The van der Waals surface area contributed by atoms with Crippen molar-refractivity contribution in [2.75, 3.05) is 7.11 Å². The molecule has 0 heterocycles. The Hall–Kier alpha value is -1.26. The van der Waals surface area contributed by atoms with Crippen molar-refractivity contribution in [2.45, 2.75) is 13.0 Å². The van der Waals surface area contributed by atoms with Crippen LogP contribution in [0.3, 0.4) is 0 Å². The minimum absolute atomic E-state index is 0. The number of hydrogen-bond donors (Lipinski definition) is 2. The van der Waals surface area contributed by atoms with Crippen molar-refractivity contribution < 1.29 is 14.6 Å². The molecule has 1 aromatic carbocycles. The number of esters is 1. The van der Waals surface area contributed by atoms with Gasteiger partial charge in [0.25, 0.3) is 0 Å². The van der Waals surface area contributed by atoms with Crippen LogP contribution in [0, 0.1) is 6.92 Å². The van der Waals surface area contributed by atoms with Gasteiger partial charge in [0.15, 0.2) is 0 Å². The normalized spacial score (nSPS) is 11.4. The molecule has 0 aliphatic heterocycles. The van der Waals surface area contributed by atoms with Crippen LogP contribution in [0.1, 0.15) is 17.2 Å². The maximum absolute atomic E-state index is 11.1. The van der Waals surface area contributed by atoms with Crippen LogP contribution in [-0.2, 0) is 9.53 Å². The molecular weight excluding hydrogens is 218 g/mol. The van der Waals surface area contributed by atoms with Crippen molar-refractivity contribution in [3.63, 3.8) is 0 Å². The molecule has 1 atom stereocenters. The molecular formula is C10H14ClNO3. The third kappa shape index (κ3) is 3.11. The number of rotatable bonds is 2. The van der Waals surface area contributed by atoms with Crippen molar-refractivity contribution in [3.8, 4) is 5.75 Å². The predicted octanol–water partition coefficient (Wildman–Crippen LogP) is 1.30. The lowest BCUT2D eigenvalue weighted by molar-refractivity contribution is -0.142. The summed E-state index contributed by atoms with van der Waals surface area (Å²) in [5, 5.41) is 9.26. The van der Waals surface area contributed by atoms with E-state index in [0.717, 1.165) is 0 Å². The molecule has 0 amide bonds. The van der Waals surface area contributed by atoms with Gasteiger partial charge in [-0.05, 0) is 24.1 Å². The lowest BCUT2D eigenvalue weighted by Crippen LogP contribution is -2.22. The standard InChI is InChI=1S/C10H13NO3.ClH/c1-6-5-7(3-4-8(6)12)9(11)10(13)14-2;/h3-5,9,12H,11H2,1-2H3;1H/t9-;/m0./s1. The molecule has 0 aromatic heterocycles. The van der Waals surface area contributed by atoms with Crippen molar-refractivity contribution in [1.82, 2.24) is 0 Å². The number of phenolic OH excluding ortho intramolecular Hbond substituents is 1. The van der Waals surface area contributed by atoms with E-state index in [0.29, 0.717) is 11.1 Å². The van der Waals surface area contributed by atoms with Crippen LogP contribution in [0.25, 0.3) is 0 Å². The Morgan fingerprint density at radius 1 is 1.53 bits per heavy atom. The van der Waals surface area contributed by atoms with Gasteiger partial charge in [-0.1, -0.05) is 12.1 Å². The molecule has 3 N–H and O–H groups in total. The topological polar surface area (TPSA) is 72.5 Å². The first-order valence-electron chi connectivity index (χ1n) is 4.19. The molecule has 0 aliphatic rings. The van der Waals surface area contributed by atoms with E-state index in [1.54, 1.807) is 19.1 Å². The summed E-state index contributed by atoms with van der Waals surface area (Å²) in [5.74, 6) is -0.305. The number of carbonyl (C=O) groups is 1. The molecule has 0 aliphatic carbocycles. The zero-order valence-electron chi connectivity index (χ0n) is 8.56. The molecule has 0 radical (unpaired) electrons. The number of ether oxygens (including phenoxy) is 1. The Labute approximate surface area is 94.5 Å². The van der Waals surface area contributed by atoms with E-state index >= 15 is 0 Å². The Kier molecular flexibility index (Phi) is 5.11. The molecule has 0 fully saturated rings. The molecule has 0 saturated carbocycles. The van der Waals surface area contributed by atoms with E-state index in [-0.39, 0.29) is 18.2 Å². The van der Waals surface area contributed by atoms with Crippen LogP contribution in [-0.4, -0.2) is 18.2 Å². The summed E-state index contributed by atoms with van der Waals surface area (Å²) in [6.45, 7) is 1.74. The van der Waals surface area contributed by atoms with Gasteiger partial charge in [-0.3, -0.25) is 4.79 Å². The summed E-state index contributed by atoms with van der Waals surface area (Å²) in [7, 11) is 1.29. The number of carbonyl (C=O) groups excluding carboxylic acids is 1. The molecule has 5 heteroatoms. The smallest absolute Gasteiger partial charge is 0.327 e. The third-order valence-corrected chi connectivity index (χ3v) is 2.04. The van der Waals surface area contributed by atoms with Gasteiger partial charge < -0.3 is 15.6 Å². The first-order chi connectivity index (χ1) is 6.56. The zero-order chi connectivity index (χ0) is 10.7. The molecule has 15 heavy (non-hydrogen) atoms. The number of benzene rings is 1. The van der Waals surface area contributed by atoms with Gasteiger partial charge >= 0.3 is 5.97 Å². The van der Waals surface area contributed by atoms with E-state index < -0.39 is 12.0 Å². The van der Waals surface area contributed by atoms with Crippen LogP contribution in [0.4, 0.5) is 0 Å². The maximum Gasteiger partial charge on any atom is 0.327 e. The van der Waals surface area contributed by atoms with Gasteiger partial charge in [-0.25, -0.2) is 0 Å². The fourth-order valence-electron chi connectivity index (χ4n) is 1.14. The second kappa shape index (κ2) is 5.58. The lowest BCUT2D eigenvalue weighted by atomic mass is 10.0. The van der Waals surface area contributed by atoms with Crippen molar-refractivity contribution in [1.29, 1.82) is 0 Å². The Bertz CT molecular complexity index is 355. The summed E-state index contributed by atoms with van der Waals surface area (Å²) in [6.07, 6.45) is 0. The average Bonchev–Trinajstić information content (AvgIpc) is 2.20. The zero-order valence-corrected chi connectivity index (χ0v) is 9.38. The summed E-state index contributed by atoms with van der Waals surface area (Å²) in [4.78, 5) is 11.1. The number of aryl methyl sites for hydroxylation is 1. The third-order valence-electron chi connectivity index (χ3n) is 2.04. The fourth-order valence-corrected chi connectivity index (χ4v) is 1.14. The number of nitrogens with two attached hydrogens (primary N) is 1. The lowest BCUT2D eigenvalue weighted by Gasteiger charge is -2.10. The maximum atomic E-state index is 11.1. The molecule has 0 bridgehead atoms. The summed E-state index contributed by atoms with van der Waals surface area (Å²) < 4.78 is 4.51. The molecule has 84 valence electrons. The van der Waals surface area contributed by atoms with Crippen molar-refractivity contribution >= 4 is 18.4 Å². The van der Waals surface area contributed by atoms with Crippen LogP contribution in [0.15, 0.2) is 18.2 Å². The van der Waals surface area contributed by atoms with Crippen LogP contribution >= 0.6 is 12.4 Å². The fraction of sp³-hybridized carbons (Fsp3) is 0.300. The van der Waals surface area contributed by atoms with Crippen LogP contribution in [0.2, 0.25) is 0 Å². The summed E-state index contributed by atoms with van der Waals surface area (Å²) >= 11 is 0. The Morgan fingerprint density at radius 3 is 2.60 bits per heavy atom. The quantitative estimate of drug-likeness (QED) is 0.753. The number of hydrogen-bond acceptors (Lipinski definition) is 4. The van der Waals surface area contributed by atoms with Gasteiger partial charge in [0.1, 0.15) is 11.8 Å². The monoisotopic (exact) mass is 231 g/mol. The van der Waals surface area contributed by atoms with Gasteiger partial charge in [-0.15, -0.1) is 12.4 Å². The van der Waals surface area contributed by atoms with Gasteiger partial charge in [-0.2, -0.15) is 0 Å². The minimum Gasteiger partial charge on any atom is -0.508 e. The first-order valence-corrected chi connectivity index (χ1v) is 4.19. The van der Waals surface area contributed by atoms with Gasteiger partial charge in [0, 0.05) is 0 Å². The SMILES string of the molecule is COC(=O)[C@@H](N)c1ccc(O)c(C)c1.Cl. The van der Waals surface area contributed by atoms with E-state index in [4.69, 9.17) is 5.73 Å². The average molecular weight is 232 g/mol. The number of methoxy groups -OCH3 is 1. The highest BCUT2D eigenvalue weighted by molar-refractivity contribution is 5.85. The molecule has 0 saturated heterocycles. The summed E-state index contributed by atoms with van der Waals surface area (Å²) in [6, 6.07) is 3.98. The van der Waals surface area contributed by atoms with Crippen molar-refractivity contribution in [3.05, 3.63) is 29.3 Å². The first kappa shape index (κ1) is 13.7. The highest BCUT2D eigenvalue weighted by Gasteiger charge is 2.16. The molecule has 1 rings (SSSR count). The summed E-state index contributed by atoms with van der Waals surface area (Å²) in [5.41, 5.74) is 6.93. The highest BCUT2D eigenvalue weighted by atomic mass is 35.5. The van der Waals surface area contributed by atoms with E-state index in [9.17, 15) is 9.90 Å². The Morgan fingerprint density at radius 2 is 2.13 bits per heavy atom. The largest absolute Gasteiger partial charge is 0.508 e. The molecule has 4 nitrogen and oxygen atoms in total.